The van der Waals surface area contributed by atoms with Gasteiger partial charge in [-0.05, 0) is 29.8 Å². The molecule has 3 aromatic rings. The molecule has 3 N–H and O–H groups in total. The van der Waals surface area contributed by atoms with Gasteiger partial charge in [0.05, 0.1) is 9.79 Å². The molecular weight excluding hydrogens is 324 g/mol. The summed E-state index contributed by atoms with van der Waals surface area (Å²) in [6.07, 6.45) is 0. The van der Waals surface area contributed by atoms with Crippen LogP contribution in [0.2, 0.25) is 0 Å². The first-order valence-corrected chi connectivity index (χ1v) is 8.13. The van der Waals surface area contributed by atoms with E-state index in [4.69, 9.17) is 4.74 Å². The minimum Gasteiger partial charge on any atom is -0.508 e. The van der Waals surface area contributed by atoms with E-state index in [1.165, 1.54) is 23.9 Å². The molecule has 4 nitrogen and oxygen atoms in total. The normalized spacial score (nSPS) is 10.5. The van der Waals surface area contributed by atoms with Crippen molar-refractivity contribution < 1.29 is 20.1 Å². The van der Waals surface area contributed by atoms with E-state index < -0.39 is 0 Å². The lowest BCUT2D eigenvalue weighted by Gasteiger charge is -2.12. The van der Waals surface area contributed by atoms with Gasteiger partial charge in [0.1, 0.15) is 29.6 Å². The number of benzene rings is 3. The third kappa shape index (κ3) is 3.94. The van der Waals surface area contributed by atoms with Gasteiger partial charge in [-0.2, -0.15) is 0 Å². The third-order valence-corrected chi connectivity index (χ3v) is 4.45. The molecule has 0 saturated heterocycles. The molecule has 3 aromatic carbocycles. The largest absolute Gasteiger partial charge is 0.508 e. The number of hydrogen-bond donors (Lipinski definition) is 3. The first kappa shape index (κ1) is 16.1. The second kappa shape index (κ2) is 7.19. The Balaban J connectivity index is 1.82. The summed E-state index contributed by atoms with van der Waals surface area (Å²) in [6.45, 7) is 0.374. The van der Waals surface area contributed by atoms with Crippen molar-refractivity contribution in [3.63, 3.8) is 0 Å². The van der Waals surface area contributed by atoms with Crippen LogP contribution in [0.25, 0.3) is 0 Å². The van der Waals surface area contributed by atoms with Gasteiger partial charge in [-0.15, -0.1) is 0 Å². The zero-order chi connectivity index (χ0) is 16.9. The Bertz CT molecular complexity index is 834. The molecule has 0 aliphatic carbocycles. The average Bonchev–Trinajstić information content (AvgIpc) is 2.58. The van der Waals surface area contributed by atoms with Crippen LogP contribution in [0.1, 0.15) is 5.56 Å². The summed E-state index contributed by atoms with van der Waals surface area (Å²) in [5, 5.41) is 29.0. The van der Waals surface area contributed by atoms with E-state index in [0.29, 0.717) is 17.3 Å². The molecule has 0 radical (unpaired) electrons. The second-order valence-electron chi connectivity index (χ2n) is 5.16. The van der Waals surface area contributed by atoms with E-state index in [0.717, 1.165) is 10.5 Å². The third-order valence-electron chi connectivity index (χ3n) is 3.33. The molecule has 0 saturated carbocycles. The van der Waals surface area contributed by atoms with E-state index in [1.54, 1.807) is 24.3 Å². The Kier molecular flexibility index (Phi) is 4.82. The van der Waals surface area contributed by atoms with E-state index >= 15 is 0 Å². The maximum atomic E-state index is 9.94. The highest BCUT2D eigenvalue weighted by Gasteiger charge is 2.11. The van der Waals surface area contributed by atoms with Crippen LogP contribution in [0, 0.1) is 0 Å². The second-order valence-corrected chi connectivity index (χ2v) is 6.24. The minimum absolute atomic E-state index is 0.00288. The Morgan fingerprint density at radius 2 is 1.42 bits per heavy atom. The fraction of sp³-hybridized carbons (Fsp3) is 0.0526. The van der Waals surface area contributed by atoms with E-state index in [1.807, 2.05) is 30.3 Å². The molecule has 122 valence electrons. The van der Waals surface area contributed by atoms with Crippen molar-refractivity contribution in [3.05, 3.63) is 72.3 Å². The zero-order valence-electron chi connectivity index (χ0n) is 12.7. The summed E-state index contributed by atoms with van der Waals surface area (Å²) >= 11 is 1.30. The van der Waals surface area contributed by atoms with Gasteiger partial charge >= 0.3 is 0 Å². The van der Waals surface area contributed by atoms with Crippen LogP contribution in [0.4, 0.5) is 0 Å². The lowest BCUT2D eigenvalue weighted by Crippen LogP contribution is -1.96. The predicted octanol–water partition coefficient (Wildman–Crippen LogP) is 4.53. The quantitative estimate of drug-likeness (QED) is 0.636. The maximum absolute atomic E-state index is 9.94. The monoisotopic (exact) mass is 340 g/mol. The first-order valence-electron chi connectivity index (χ1n) is 7.31. The molecule has 0 heterocycles. The van der Waals surface area contributed by atoms with Crippen molar-refractivity contribution >= 4 is 11.8 Å². The zero-order valence-corrected chi connectivity index (χ0v) is 13.5. The number of phenols is 3. The van der Waals surface area contributed by atoms with Gasteiger partial charge in [0.2, 0.25) is 0 Å². The Labute approximate surface area is 144 Å². The molecule has 0 spiro atoms. The van der Waals surface area contributed by atoms with Crippen molar-refractivity contribution in [1.29, 1.82) is 0 Å². The lowest BCUT2D eigenvalue weighted by atomic mass is 10.2. The Hall–Kier alpha value is -2.79. The number of rotatable bonds is 5. The standard InChI is InChI=1S/C19H16O4S/c20-14-6-8-18(16(22)10-14)24-19-9-7-15(21)11-17(19)23-12-13-4-2-1-3-5-13/h1-11,20-22H,12H2. The predicted molar refractivity (Wildman–Crippen MR) is 92.8 cm³/mol. The van der Waals surface area contributed by atoms with E-state index in [-0.39, 0.29) is 17.2 Å². The molecular formula is C19H16O4S. The van der Waals surface area contributed by atoms with Crippen LogP contribution >= 0.6 is 11.8 Å². The van der Waals surface area contributed by atoms with Crippen molar-refractivity contribution in [2.24, 2.45) is 0 Å². The molecule has 24 heavy (non-hydrogen) atoms. The van der Waals surface area contributed by atoms with Gasteiger partial charge in [-0.25, -0.2) is 0 Å². The van der Waals surface area contributed by atoms with Crippen molar-refractivity contribution in [2.45, 2.75) is 16.4 Å². The van der Waals surface area contributed by atoms with Crippen LogP contribution in [0.5, 0.6) is 23.0 Å². The number of aromatic hydroxyl groups is 3. The SMILES string of the molecule is Oc1ccc(Sc2ccc(O)cc2OCc2ccccc2)c(O)c1. The summed E-state index contributed by atoms with van der Waals surface area (Å²) in [5.74, 6) is 0.624. The number of hydrogen-bond acceptors (Lipinski definition) is 5. The number of phenolic OH excluding ortho intramolecular Hbond substituents is 3. The molecule has 0 aliphatic rings. The fourth-order valence-corrected chi connectivity index (χ4v) is 3.03. The van der Waals surface area contributed by atoms with Gasteiger partial charge in [-0.1, -0.05) is 42.1 Å². The minimum atomic E-state index is -0.0120. The van der Waals surface area contributed by atoms with Crippen molar-refractivity contribution in [3.8, 4) is 23.0 Å². The molecule has 0 unspecified atom stereocenters. The van der Waals surface area contributed by atoms with Gasteiger partial charge in [-0.3, -0.25) is 0 Å². The molecule has 0 fully saturated rings. The van der Waals surface area contributed by atoms with Crippen LogP contribution in [0.15, 0.2) is 76.5 Å². The molecule has 0 atom stereocenters. The molecule has 0 aliphatic heterocycles. The molecule has 0 aromatic heterocycles. The van der Waals surface area contributed by atoms with Gasteiger partial charge in [0.25, 0.3) is 0 Å². The van der Waals surface area contributed by atoms with Crippen molar-refractivity contribution in [1.82, 2.24) is 0 Å². The average molecular weight is 340 g/mol. The Morgan fingerprint density at radius 1 is 0.750 bits per heavy atom. The van der Waals surface area contributed by atoms with Crippen LogP contribution in [-0.4, -0.2) is 15.3 Å². The number of ether oxygens (including phenoxy) is 1. The highest BCUT2D eigenvalue weighted by molar-refractivity contribution is 7.99. The summed E-state index contributed by atoms with van der Waals surface area (Å²) in [4.78, 5) is 1.34. The topological polar surface area (TPSA) is 69.9 Å². The molecule has 3 rings (SSSR count). The van der Waals surface area contributed by atoms with Gasteiger partial charge in [0, 0.05) is 12.1 Å². The Morgan fingerprint density at radius 3 is 2.12 bits per heavy atom. The summed E-state index contributed by atoms with van der Waals surface area (Å²) in [7, 11) is 0. The molecule has 0 amide bonds. The van der Waals surface area contributed by atoms with Crippen LogP contribution in [0.3, 0.4) is 0 Å². The van der Waals surface area contributed by atoms with E-state index in [2.05, 4.69) is 0 Å². The first-order chi connectivity index (χ1) is 11.6. The lowest BCUT2D eigenvalue weighted by molar-refractivity contribution is 0.297. The van der Waals surface area contributed by atoms with Crippen LogP contribution < -0.4 is 4.74 Å². The smallest absolute Gasteiger partial charge is 0.137 e. The van der Waals surface area contributed by atoms with Gasteiger partial charge in [0.15, 0.2) is 0 Å². The summed E-state index contributed by atoms with van der Waals surface area (Å²) in [5.41, 5.74) is 1.02. The molecule has 5 heteroatoms. The van der Waals surface area contributed by atoms with Crippen molar-refractivity contribution in [2.75, 3.05) is 0 Å². The fourth-order valence-electron chi connectivity index (χ4n) is 2.14. The highest BCUT2D eigenvalue weighted by Crippen LogP contribution is 2.41. The summed E-state index contributed by atoms with van der Waals surface area (Å²) in [6, 6.07) is 19.0. The van der Waals surface area contributed by atoms with Gasteiger partial charge < -0.3 is 20.1 Å². The maximum Gasteiger partial charge on any atom is 0.137 e. The van der Waals surface area contributed by atoms with E-state index in [9.17, 15) is 15.3 Å². The highest BCUT2D eigenvalue weighted by atomic mass is 32.2. The summed E-state index contributed by atoms with van der Waals surface area (Å²) < 4.78 is 5.83. The van der Waals surface area contributed by atoms with Crippen LogP contribution in [-0.2, 0) is 6.61 Å². The molecule has 0 bridgehead atoms.